The predicted octanol–water partition coefficient (Wildman–Crippen LogP) is 5.28. The molecule has 0 amide bonds. The van der Waals surface area contributed by atoms with E-state index >= 15 is 0 Å². The summed E-state index contributed by atoms with van der Waals surface area (Å²) in [6.45, 7) is 5.02. The molecule has 155 valence electrons. The molecule has 29 heavy (non-hydrogen) atoms. The topological polar surface area (TPSA) is 105 Å². The third kappa shape index (κ3) is 7.07. The van der Waals surface area contributed by atoms with Crippen LogP contribution in [0.2, 0.25) is 9.73 Å². The van der Waals surface area contributed by atoms with Crippen LogP contribution >= 0.6 is 17.8 Å². The molecular formula is C18H19AsClNO7P. The second kappa shape index (κ2) is 10.1. The molecule has 11 heteroatoms. The van der Waals surface area contributed by atoms with Crippen LogP contribution in [-0.2, 0) is 14.1 Å². The van der Waals surface area contributed by atoms with Crippen molar-refractivity contribution in [3.63, 3.8) is 0 Å². The fourth-order valence-electron chi connectivity index (χ4n) is 2.07. The van der Waals surface area contributed by atoms with Crippen molar-refractivity contribution in [2.24, 2.45) is 0 Å². The number of para-hydroxylation sites is 1. The summed E-state index contributed by atoms with van der Waals surface area (Å²) in [4.78, 5) is 22.5. The molecule has 0 aliphatic rings. The Morgan fingerprint density at radius 3 is 2.34 bits per heavy atom. The Morgan fingerprint density at radius 1 is 1.14 bits per heavy atom. The molecule has 0 N–H and O–H groups in total. The standard InChI is InChI=1S/C18H19AsClNO7P/c1-12(2)26-18(22)13(3)19-29(25,27-15-7-5-4-6-8-15)28-17-10-9-14(21(23)24)11-16(17)20/h4-13H,1-3H3/t13-,29?/m0/s1. The number of carbonyl (C=O) groups is 1. The molecule has 2 aromatic carbocycles. The van der Waals surface area contributed by atoms with Crippen molar-refractivity contribution in [1.82, 2.24) is 0 Å². The molecule has 0 aliphatic carbocycles. The number of benzene rings is 2. The van der Waals surface area contributed by atoms with Gasteiger partial charge in [-0.1, -0.05) is 0 Å². The van der Waals surface area contributed by atoms with Crippen molar-refractivity contribution in [1.29, 1.82) is 0 Å². The van der Waals surface area contributed by atoms with Crippen molar-refractivity contribution in [3.8, 4) is 11.5 Å². The number of rotatable bonds is 9. The number of esters is 1. The van der Waals surface area contributed by atoms with Crippen molar-refractivity contribution >= 4 is 44.7 Å². The minimum atomic E-state index is -3.84. The van der Waals surface area contributed by atoms with E-state index in [4.69, 9.17) is 25.4 Å². The van der Waals surface area contributed by atoms with E-state index in [9.17, 15) is 19.5 Å². The zero-order chi connectivity index (χ0) is 21.6. The average Bonchev–Trinajstić information content (AvgIpc) is 2.63. The quantitative estimate of drug-likeness (QED) is 0.151. The summed E-state index contributed by atoms with van der Waals surface area (Å²) in [7, 11) is 0. The summed E-state index contributed by atoms with van der Waals surface area (Å²) < 4.78 is 29.3. The van der Waals surface area contributed by atoms with Crippen LogP contribution < -0.4 is 9.05 Å². The second-order valence-electron chi connectivity index (χ2n) is 6.11. The molecule has 0 saturated heterocycles. The number of nitro groups is 1. The van der Waals surface area contributed by atoms with E-state index in [0.29, 0.717) is 5.75 Å². The van der Waals surface area contributed by atoms with Gasteiger partial charge in [0.1, 0.15) is 0 Å². The Kier molecular flexibility index (Phi) is 8.14. The Bertz CT molecular complexity index is 926. The van der Waals surface area contributed by atoms with Crippen LogP contribution in [0.25, 0.3) is 0 Å². The molecule has 0 bridgehead atoms. The number of ether oxygens (including phenoxy) is 1. The van der Waals surface area contributed by atoms with E-state index in [2.05, 4.69) is 0 Å². The number of non-ortho nitro benzene ring substituents is 1. The molecule has 1 radical (unpaired) electrons. The minimum absolute atomic E-state index is 0.0312. The molecular weight excluding hydrogens is 484 g/mol. The first-order valence-electron chi connectivity index (χ1n) is 8.51. The summed E-state index contributed by atoms with van der Waals surface area (Å²) in [6.07, 6.45) is -4.16. The second-order valence-corrected chi connectivity index (χ2v) is 14.2. The molecule has 0 aromatic heterocycles. The fraction of sp³-hybridized carbons (Fsp3) is 0.278. The van der Waals surface area contributed by atoms with Gasteiger partial charge in [0.05, 0.1) is 0 Å². The molecule has 2 atom stereocenters. The van der Waals surface area contributed by atoms with Crippen molar-refractivity contribution < 1.29 is 28.1 Å². The van der Waals surface area contributed by atoms with Crippen molar-refractivity contribution in [2.75, 3.05) is 0 Å². The Labute approximate surface area is 179 Å². The van der Waals surface area contributed by atoms with Gasteiger partial charge in [0.15, 0.2) is 0 Å². The van der Waals surface area contributed by atoms with Gasteiger partial charge in [-0.05, 0) is 0 Å². The monoisotopic (exact) mass is 502 g/mol. The fourth-order valence-corrected chi connectivity index (χ4v) is 8.92. The van der Waals surface area contributed by atoms with Gasteiger partial charge in [-0.15, -0.1) is 0 Å². The molecule has 2 aromatic rings. The summed E-state index contributed by atoms with van der Waals surface area (Å²) >= 11 is 4.74. The van der Waals surface area contributed by atoms with E-state index in [-0.39, 0.29) is 22.6 Å². The molecule has 0 fully saturated rings. The van der Waals surface area contributed by atoms with E-state index in [1.807, 2.05) is 0 Å². The zero-order valence-electron chi connectivity index (χ0n) is 15.9. The van der Waals surface area contributed by atoms with E-state index in [1.165, 1.54) is 12.1 Å². The van der Waals surface area contributed by atoms with Gasteiger partial charge >= 0.3 is 180 Å². The normalized spacial score (nSPS) is 14.4. The Hall–Kier alpha value is -2.01. The summed E-state index contributed by atoms with van der Waals surface area (Å²) in [6, 6.07) is 11.9. The SMILES string of the molecule is CC(C)OC(=O)[C@H](C)[As]P(=O)(Oc1ccccc1)Oc1ccc([N+](=O)[O-])cc1Cl. The van der Waals surface area contributed by atoms with Crippen LogP contribution in [0.15, 0.2) is 48.5 Å². The van der Waals surface area contributed by atoms with Gasteiger partial charge in [0.25, 0.3) is 0 Å². The first-order chi connectivity index (χ1) is 13.6. The molecule has 0 spiro atoms. The number of nitro benzene ring substituents is 1. The van der Waals surface area contributed by atoms with Gasteiger partial charge in [-0.3, -0.25) is 0 Å². The molecule has 0 aliphatic heterocycles. The first kappa shape index (κ1) is 23.3. The van der Waals surface area contributed by atoms with Crippen molar-refractivity contribution in [2.45, 2.75) is 31.6 Å². The zero-order valence-corrected chi connectivity index (χ0v) is 19.4. The van der Waals surface area contributed by atoms with E-state index < -0.39 is 37.0 Å². The van der Waals surface area contributed by atoms with Crippen LogP contribution in [0.4, 0.5) is 5.69 Å². The average molecular weight is 503 g/mol. The molecule has 1 unspecified atom stereocenters. The number of carbonyl (C=O) groups excluding carboxylic acids is 1. The molecule has 2 rings (SSSR count). The van der Waals surface area contributed by atoms with Crippen LogP contribution in [0.1, 0.15) is 20.8 Å². The predicted molar refractivity (Wildman–Crippen MR) is 110 cm³/mol. The number of hydrogen-bond donors (Lipinski definition) is 0. The van der Waals surface area contributed by atoms with E-state index in [0.717, 1.165) is 6.07 Å². The first-order valence-corrected chi connectivity index (χ1v) is 14.0. The van der Waals surface area contributed by atoms with Crippen LogP contribution in [-0.4, -0.2) is 32.3 Å². The summed E-state index contributed by atoms with van der Waals surface area (Å²) in [5.41, 5.74) is -0.233. The van der Waals surface area contributed by atoms with Crippen LogP contribution in [0.5, 0.6) is 11.5 Å². The summed E-state index contributed by atoms with van der Waals surface area (Å²) in [5, 5.41) is 10.8. The molecule has 0 heterocycles. The Balaban J connectivity index is 2.30. The third-order valence-corrected chi connectivity index (χ3v) is 10.5. The van der Waals surface area contributed by atoms with Crippen LogP contribution in [0, 0.1) is 10.1 Å². The molecule has 0 saturated carbocycles. The molecule has 8 nitrogen and oxygen atoms in total. The van der Waals surface area contributed by atoms with Gasteiger partial charge < -0.3 is 0 Å². The van der Waals surface area contributed by atoms with Gasteiger partial charge in [0.2, 0.25) is 0 Å². The van der Waals surface area contributed by atoms with Gasteiger partial charge in [-0.2, -0.15) is 0 Å². The summed E-state index contributed by atoms with van der Waals surface area (Å²) in [5.74, 6) is -0.236. The van der Waals surface area contributed by atoms with Gasteiger partial charge in [0, 0.05) is 0 Å². The number of nitrogens with zero attached hydrogens (tertiary/aromatic N) is 1. The van der Waals surface area contributed by atoms with E-state index in [1.54, 1.807) is 51.1 Å². The maximum atomic E-state index is 13.5. The maximum absolute atomic E-state index is 13.5. The number of halogens is 1. The van der Waals surface area contributed by atoms with Crippen molar-refractivity contribution in [3.05, 3.63) is 63.7 Å². The Morgan fingerprint density at radius 2 is 1.79 bits per heavy atom. The third-order valence-electron chi connectivity index (χ3n) is 3.31. The van der Waals surface area contributed by atoms with Gasteiger partial charge in [-0.25, -0.2) is 0 Å². The number of hydrogen-bond acceptors (Lipinski definition) is 7. The van der Waals surface area contributed by atoms with Crippen LogP contribution in [0.3, 0.4) is 0 Å².